The Bertz CT molecular complexity index is 509. The molecule has 2 rings (SSSR count). The Kier molecular flexibility index (Phi) is 4.86. The zero-order valence-corrected chi connectivity index (χ0v) is 14.0. The van der Waals surface area contributed by atoms with E-state index in [1.807, 2.05) is 0 Å². The van der Waals surface area contributed by atoms with Crippen molar-refractivity contribution in [3.05, 3.63) is 21.2 Å². The van der Waals surface area contributed by atoms with E-state index in [2.05, 4.69) is 56.9 Å². The van der Waals surface area contributed by atoms with Gasteiger partial charge in [0, 0.05) is 24.7 Å². The summed E-state index contributed by atoms with van der Waals surface area (Å²) in [4.78, 5) is 20.9. The normalized spacial score (nSPS) is 20.2. The van der Waals surface area contributed by atoms with Crippen molar-refractivity contribution >= 4 is 21.7 Å². The summed E-state index contributed by atoms with van der Waals surface area (Å²) in [6.45, 7) is 8.36. The van der Waals surface area contributed by atoms with E-state index in [-0.39, 0.29) is 11.1 Å². The third-order valence-electron chi connectivity index (χ3n) is 3.55. The number of nitrogens with one attached hydrogen (secondary N) is 2. The molecule has 6 heteroatoms. The summed E-state index contributed by atoms with van der Waals surface area (Å²) in [5.41, 5.74) is -0.0230. The van der Waals surface area contributed by atoms with Gasteiger partial charge in [0.25, 0.3) is 5.56 Å². The summed E-state index contributed by atoms with van der Waals surface area (Å²) in [6.07, 6.45) is 4.98. The molecule has 1 aliphatic heterocycles. The highest BCUT2D eigenvalue weighted by atomic mass is 79.9. The first kappa shape index (κ1) is 15.5. The highest BCUT2D eigenvalue weighted by Crippen LogP contribution is 2.27. The second-order valence-corrected chi connectivity index (χ2v) is 7.14. The summed E-state index contributed by atoms with van der Waals surface area (Å²) in [5.74, 6) is 0.758. The maximum Gasteiger partial charge on any atom is 0.267 e. The fraction of sp³-hybridized carbons (Fsp3) is 0.714. The molecule has 0 bridgehead atoms. The van der Waals surface area contributed by atoms with Gasteiger partial charge in [-0.3, -0.25) is 4.79 Å². The van der Waals surface area contributed by atoms with E-state index in [0.717, 1.165) is 31.7 Å². The van der Waals surface area contributed by atoms with Crippen LogP contribution in [-0.2, 0) is 0 Å². The quantitative estimate of drug-likeness (QED) is 0.884. The Hall–Kier alpha value is -0.880. The van der Waals surface area contributed by atoms with Crippen molar-refractivity contribution in [2.24, 2.45) is 0 Å². The molecule has 0 aromatic carbocycles. The van der Waals surface area contributed by atoms with Crippen LogP contribution in [0.15, 0.2) is 15.6 Å². The predicted octanol–water partition coefficient (Wildman–Crippen LogP) is 2.28. The van der Waals surface area contributed by atoms with Gasteiger partial charge in [-0.05, 0) is 56.0 Å². The number of hydrogen-bond acceptors (Lipinski definition) is 4. The van der Waals surface area contributed by atoms with E-state index in [1.54, 1.807) is 0 Å². The van der Waals surface area contributed by atoms with Gasteiger partial charge in [-0.15, -0.1) is 0 Å². The second kappa shape index (κ2) is 6.26. The van der Waals surface area contributed by atoms with Gasteiger partial charge in [0.15, 0.2) is 5.82 Å². The first-order valence-electron chi connectivity index (χ1n) is 7.13. The van der Waals surface area contributed by atoms with Gasteiger partial charge in [-0.2, -0.15) is 0 Å². The summed E-state index contributed by atoms with van der Waals surface area (Å²) >= 11 is 3.37. The minimum Gasteiger partial charge on any atom is -0.351 e. The molecule has 1 unspecified atom stereocenters. The summed E-state index contributed by atoms with van der Waals surface area (Å²) in [7, 11) is 0. The molecule has 5 nitrogen and oxygen atoms in total. The smallest absolute Gasteiger partial charge is 0.267 e. The zero-order chi connectivity index (χ0) is 14.8. The molecule has 1 saturated heterocycles. The fourth-order valence-electron chi connectivity index (χ4n) is 2.49. The molecular formula is C14H23BrN4O. The van der Waals surface area contributed by atoms with E-state index < -0.39 is 0 Å². The molecule has 0 saturated carbocycles. The molecule has 1 aliphatic rings. The lowest BCUT2D eigenvalue weighted by Crippen LogP contribution is -2.50. The number of piperidine rings is 1. The topological polar surface area (TPSA) is 61.0 Å². The van der Waals surface area contributed by atoms with Crippen LogP contribution in [0.4, 0.5) is 5.82 Å². The molecular weight excluding hydrogens is 320 g/mol. The van der Waals surface area contributed by atoms with E-state index in [0.29, 0.717) is 10.5 Å². The third-order valence-corrected chi connectivity index (χ3v) is 4.26. The van der Waals surface area contributed by atoms with Gasteiger partial charge < -0.3 is 15.2 Å². The number of aromatic amines is 1. The maximum absolute atomic E-state index is 11.7. The largest absolute Gasteiger partial charge is 0.351 e. The van der Waals surface area contributed by atoms with E-state index in [4.69, 9.17) is 0 Å². The van der Waals surface area contributed by atoms with Crippen molar-refractivity contribution in [3.63, 3.8) is 0 Å². The third kappa shape index (κ3) is 3.82. The molecule has 1 aromatic heterocycles. The summed E-state index contributed by atoms with van der Waals surface area (Å²) < 4.78 is 0.530. The Morgan fingerprint density at radius 3 is 2.95 bits per heavy atom. The standard InChI is InChI=1S/C14H23BrN4O/c1-14(2,3)18-8-10-6-4-5-7-19(10)12-11(15)13(20)17-9-16-12/h9-10,18H,4-8H2,1-3H3,(H,16,17,20). The number of H-pyrrole nitrogens is 1. The number of anilines is 1. The first-order valence-corrected chi connectivity index (χ1v) is 7.92. The van der Waals surface area contributed by atoms with Gasteiger partial charge in [0.1, 0.15) is 4.47 Å². The van der Waals surface area contributed by atoms with E-state index in [9.17, 15) is 4.79 Å². The van der Waals surface area contributed by atoms with Crippen molar-refractivity contribution in [3.8, 4) is 0 Å². The maximum atomic E-state index is 11.7. The summed E-state index contributed by atoms with van der Waals surface area (Å²) in [5, 5.41) is 3.55. The van der Waals surface area contributed by atoms with Gasteiger partial charge >= 0.3 is 0 Å². The van der Waals surface area contributed by atoms with Gasteiger partial charge in [0.2, 0.25) is 0 Å². The van der Waals surface area contributed by atoms with Gasteiger partial charge in [-0.1, -0.05) is 0 Å². The predicted molar refractivity (Wildman–Crippen MR) is 85.3 cm³/mol. The van der Waals surface area contributed by atoms with Crippen LogP contribution in [0.25, 0.3) is 0 Å². The van der Waals surface area contributed by atoms with Crippen molar-refractivity contribution in [2.45, 2.75) is 51.6 Å². The molecule has 1 atom stereocenters. The van der Waals surface area contributed by atoms with Crippen LogP contribution in [0.1, 0.15) is 40.0 Å². The Labute approximate surface area is 128 Å². The summed E-state index contributed by atoms with van der Waals surface area (Å²) in [6, 6.07) is 0.383. The lowest BCUT2D eigenvalue weighted by atomic mass is 10.0. The molecule has 0 radical (unpaired) electrons. The average Bonchev–Trinajstić information content (AvgIpc) is 2.39. The SMILES string of the molecule is CC(C)(C)NCC1CCCCN1c1nc[nH]c(=O)c1Br. The lowest BCUT2D eigenvalue weighted by Gasteiger charge is -2.38. The van der Waals surface area contributed by atoms with Crippen LogP contribution in [-0.4, -0.2) is 34.6 Å². The highest BCUT2D eigenvalue weighted by Gasteiger charge is 2.26. The van der Waals surface area contributed by atoms with Gasteiger partial charge in [0.05, 0.1) is 6.33 Å². The molecule has 1 fully saturated rings. The average molecular weight is 343 g/mol. The van der Waals surface area contributed by atoms with Crippen LogP contribution in [0.5, 0.6) is 0 Å². The van der Waals surface area contributed by atoms with E-state index >= 15 is 0 Å². The number of hydrogen-bond donors (Lipinski definition) is 2. The lowest BCUT2D eigenvalue weighted by molar-refractivity contribution is 0.365. The van der Waals surface area contributed by atoms with Crippen molar-refractivity contribution in [1.29, 1.82) is 0 Å². The van der Waals surface area contributed by atoms with Crippen molar-refractivity contribution in [1.82, 2.24) is 15.3 Å². The minimum absolute atomic E-state index is 0.0991. The highest BCUT2D eigenvalue weighted by molar-refractivity contribution is 9.10. The first-order chi connectivity index (χ1) is 9.38. The molecule has 2 N–H and O–H groups in total. The molecule has 1 aromatic rings. The Morgan fingerprint density at radius 1 is 1.50 bits per heavy atom. The van der Waals surface area contributed by atoms with Crippen LogP contribution in [0.3, 0.4) is 0 Å². The number of rotatable bonds is 3. The monoisotopic (exact) mass is 342 g/mol. The molecule has 2 heterocycles. The molecule has 0 amide bonds. The van der Waals surface area contributed by atoms with Crippen LogP contribution >= 0.6 is 15.9 Å². The number of aromatic nitrogens is 2. The Morgan fingerprint density at radius 2 is 2.25 bits per heavy atom. The molecule has 0 spiro atoms. The van der Waals surface area contributed by atoms with Crippen LogP contribution in [0, 0.1) is 0 Å². The zero-order valence-electron chi connectivity index (χ0n) is 12.4. The molecule has 112 valence electrons. The number of halogens is 1. The fourth-order valence-corrected chi connectivity index (χ4v) is 2.93. The van der Waals surface area contributed by atoms with Gasteiger partial charge in [-0.25, -0.2) is 4.98 Å². The molecule has 0 aliphatic carbocycles. The minimum atomic E-state index is -0.122. The van der Waals surface area contributed by atoms with Crippen LogP contribution < -0.4 is 15.8 Å². The number of nitrogens with zero attached hydrogens (tertiary/aromatic N) is 2. The molecule has 20 heavy (non-hydrogen) atoms. The van der Waals surface area contributed by atoms with Crippen molar-refractivity contribution in [2.75, 3.05) is 18.0 Å². The van der Waals surface area contributed by atoms with Crippen LogP contribution in [0.2, 0.25) is 0 Å². The van der Waals surface area contributed by atoms with E-state index in [1.165, 1.54) is 12.7 Å². The Balaban J connectivity index is 2.18. The second-order valence-electron chi connectivity index (χ2n) is 6.34. The van der Waals surface area contributed by atoms with Crippen molar-refractivity contribution < 1.29 is 0 Å².